The lowest BCUT2D eigenvalue weighted by Gasteiger charge is -2.27. The van der Waals surface area contributed by atoms with Gasteiger partial charge in [-0.05, 0) is 18.2 Å². The first kappa shape index (κ1) is 19.5. The first-order valence-corrected chi connectivity index (χ1v) is 9.83. The minimum atomic E-state index is -4.77. The summed E-state index contributed by atoms with van der Waals surface area (Å²) >= 11 is 0. The SMILES string of the molecule is COc1cc(C(=O)N=[SH]2(O)CCOCC2)ccc1-c1noc(C(F)(F)F)n1. The number of rotatable bonds is 3. The van der Waals surface area contributed by atoms with E-state index in [2.05, 4.69) is 19.0 Å². The lowest BCUT2D eigenvalue weighted by molar-refractivity contribution is -0.159. The summed E-state index contributed by atoms with van der Waals surface area (Å²) in [6, 6.07) is 3.98. The summed E-state index contributed by atoms with van der Waals surface area (Å²) in [7, 11) is -1.46. The van der Waals surface area contributed by atoms with E-state index in [9.17, 15) is 22.5 Å². The van der Waals surface area contributed by atoms with Crippen LogP contribution in [0.2, 0.25) is 0 Å². The van der Waals surface area contributed by atoms with Gasteiger partial charge in [-0.1, -0.05) is 15.3 Å². The number of alkyl halides is 3. The van der Waals surface area contributed by atoms with E-state index in [-0.39, 0.29) is 22.7 Å². The number of hydrogen-bond acceptors (Lipinski definition) is 6. The van der Waals surface area contributed by atoms with Gasteiger partial charge in [0, 0.05) is 17.1 Å². The Bertz CT molecular complexity index is 902. The van der Waals surface area contributed by atoms with Crippen LogP contribution >= 0.6 is 0 Å². The maximum atomic E-state index is 12.6. The lowest BCUT2D eigenvalue weighted by Crippen LogP contribution is -2.32. The standard InChI is InChI=1S/C15H16F3N3O5S/c1-24-11-8-9(13(22)21-27(23)6-4-25-5-7-27)2-3-10(11)12-19-14(26-20-12)15(16,17)18/h2-3,8,27H,4-7H2,1H3,(H,21,22,23). The van der Waals surface area contributed by atoms with Gasteiger partial charge in [-0.2, -0.15) is 22.5 Å². The minimum absolute atomic E-state index is 0.0721. The summed E-state index contributed by atoms with van der Waals surface area (Å²) in [6.45, 7) is 0.672. The summed E-state index contributed by atoms with van der Waals surface area (Å²) in [5, 5.41) is 3.30. The van der Waals surface area contributed by atoms with Crippen molar-refractivity contribution in [1.82, 2.24) is 10.1 Å². The van der Waals surface area contributed by atoms with Crippen molar-refractivity contribution in [2.75, 3.05) is 31.8 Å². The van der Waals surface area contributed by atoms with Crippen LogP contribution in [-0.2, 0) is 21.0 Å². The molecular formula is C15H16F3N3O5S. The number of carbonyl (C=O) groups is 1. The molecule has 27 heavy (non-hydrogen) atoms. The molecule has 1 aliphatic rings. The van der Waals surface area contributed by atoms with Gasteiger partial charge in [0.2, 0.25) is 5.82 Å². The van der Waals surface area contributed by atoms with Gasteiger partial charge in [-0.3, -0.25) is 4.79 Å². The van der Waals surface area contributed by atoms with E-state index in [1.54, 1.807) is 0 Å². The summed E-state index contributed by atoms with van der Waals surface area (Å²) in [4.78, 5) is 15.7. The minimum Gasteiger partial charge on any atom is -0.496 e. The maximum absolute atomic E-state index is 12.6. The number of hydrogen-bond donors (Lipinski definition) is 2. The fourth-order valence-electron chi connectivity index (χ4n) is 2.42. The third kappa shape index (κ3) is 4.34. The first-order chi connectivity index (χ1) is 12.7. The molecule has 1 aromatic carbocycles. The van der Waals surface area contributed by atoms with Gasteiger partial charge in [0.1, 0.15) is 5.75 Å². The van der Waals surface area contributed by atoms with E-state index >= 15 is 0 Å². The number of nitrogens with zero attached hydrogens (tertiary/aromatic N) is 3. The van der Waals surface area contributed by atoms with Crippen molar-refractivity contribution in [3.05, 3.63) is 29.7 Å². The highest BCUT2D eigenvalue weighted by Crippen LogP contribution is 2.33. The Morgan fingerprint density at radius 1 is 1.33 bits per heavy atom. The molecule has 0 bridgehead atoms. The number of amides is 1. The molecule has 0 aliphatic carbocycles. The fourth-order valence-corrected chi connectivity index (χ4v) is 4.14. The van der Waals surface area contributed by atoms with Crippen molar-refractivity contribution in [3.8, 4) is 17.1 Å². The molecule has 0 atom stereocenters. The highest BCUT2D eigenvalue weighted by molar-refractivity contribution is 8.00. The van der Waals surface area contributed by atoms with Crippen LogP contribution in [0.25, 0.3) is 11.4 Å². The monoisotopic (exact) mass is 407 g/mol. The van der Waals surface area contributed by atoms with Crippen molar-refractivity contribution in [1.29, 1.82) is 0 Å². The molecule has 3 rings (SSSR count). The van der Waals surface area contributed by atoms with Crippen molar-refractivity contribution in [3.63, 3.8) is 0 Å². The third-order valence-electron chi connectivity index (χ3n) is 3.82. The number of ether oxygens (including phenoxy) is 2. The van der Waals surface area contributed by atoms with E-state index in [1.165, 1.54) is 25.3 Å². The fraction of sp³-hybridized carbons (Fsp3) is 0.400. The van der Waals surface area contributed by atoms with Crippen LogP contribution in [0.1, 0.15) is 16.2 Å². The molecule has 1 aliphatic heterocycles. The van der Waals surface area contributed by atoms with Gasteiger partial charge in [-0.25, -0.2) is 0 Å². The van der Waals surface area contributed by atoms with Crippen LogP contribution in [0, 0.1) is 0 Å². The van der Waals surface area contributed by atoms with E-state index in [1.807, 2.05) is 0 Å². The molecule has 0 radical (unpaired) electrons. The zero-order valence-corrected chi connectivity index (χ0v) is 15.0. The molecule has 0 spiro atoms. The van der Waals surface area contributed by atoms with Crippen LogP contribution in [0.5, 0.6) is 5.75 Å². The van der Waals surface area contributed by atoms with Crippen LogP contribution in [0.4, 0.5) is 13.2 Å². The summed E-state index contributed by atoms with van der Waals surface area (Å²) in [5.41, 5.74) is 0.239. The molecule has 2 heterocycles. The summed E-state index contributed by atoms with van der Waals surface area (Å²) in [6.07, 6.45) is -4.77. The molecule has 1 amide bonds. The van der Waals surface area contributed by atoms with Crippen molar-refractivity contribution in [2.45, 2.75) is 6.18 Å². The van der Waals surface area contributed by atoms with Crippen LogP contribution in [0.3, 0.4) is 0 Å². The van der Waals surface area contributed by atoms with E-state index in [4.69, 9.17) is 9.47 Å². The van der Waals surface area contributed by atoms with Gasteiger partial charge in [-0.15, -0.1) is 0 Å². The highest BCUT2D eigenvalue weighted by Gasteiger charge is 2.38. The quantitative estimate of drug-likeness (QED) is 0.753. The molecule has 0 saturated carbocycles. The predicted octanol–water partition coefficient (Wildman–Crippen LogP) is 2.48. The predicted molar refractivity (Wildman–Crippen MR) is 90.0 cm³/mol. The largest absolute Gasteiger partial charge is 0.496 e. The Morgan fingerprint density at radius 3 is 2.63 bits per heavy atom. The molecule has 2 aromatic rings. The zero-order valence-electron chi connectivity index (χ0n) is 14.1. The summed E-state index contributed by atoms with van der Waals surface area (Å²) < 4.78 is 66.7. The second-order valence-electron chi connectivity index (χ2n) is 5.68. The Morgan fingerprint density at radius 2 is 2.04 bits per heavy atom. The topological polar surface area (TPSA) is 107 Å². The number of benzene rings is 1. The molecule has 0 unspecified atom stereocenters. The second kappa shape index (κ2) is 7.37. The molecule has 1 N–H and O–H groups in total. The van der Waals surface area contributed by atoms with Crippen molar-refractivity contribution < 1.29 is 36.5 Å². The molecule has 1 aromatic heterocycles. The van der Waals surface area contributed by atoms with Gasteiger partial charge in [0.15, 0.2) is 0 Å². The second-order valence-corrected chi connectivity index (χ2v) is 8.53. The molecule has 8 nitrogen and oxygen atoms in total. The smallest absolute Gasteiger partial charge is 0.471 e. The Labute approximate surface area is 152 Å². The van der Waals surface area contributed by atoms with Crippen LogP contribution in [-0.4, -0.2) is 52.4 Å². The van der Waals surface area contributed by atoms with Crippen LogP contribution < -0.4 is 4.74 Å². The Kier molecular flexibility index (Phi) is 5.31. The molecule has 1 fully saturated rings. The van der Waals surface area contributed by atoms with Crippen LogP contribution in [0.15, 0.2) is 27.1 Å². The normalized spacial score (nSPS) is 18.0. The van der Waals surface area contributed by atoms with Crippen molar-refractivity contribution in [2.24, 2.45) is 4.36 Å². The molecule has 1 saturated heterocycles. The number of thiol groups is 1. The lowest BCUT2D eigenvalue weighted by atomic mass is 10.1. The highest BCUT2D eigenvalue weighted by atomic mass is 32.3. The van der Waals surface area contributed by atoms with E-state index in [0.29, 0.717) is 24.7 Å². The summed E-state index contributed by atoms with van der Waals surface area (Å²) in [5.74, 6) is -1.77. The number of aromatic nitrogens is 2. The van der Waals surface area contributed by atoms with Gasteiger partial charge in [0.05, 0.1) is 25.9 Å². The number of halogens is 3. The third-order valence-corrected chi connectivity index (χ3v) is 6.17. The zero-order chi connectivity index (χ0) is 19.7. The Hall–Kier alpha value is -2.31. The van der Waals surface area contributed by atoms with Gasteiger partial charge >= 0.3 is 12.1 Å². The molecule has 148 valence electrons. The maximum Gasteiger partial charge on any atom is 0.471 e. The average Bonchev–Trinajstić information content (AvgIpc) is 3.11. The average molecular weight is 407 g/mol. The van der Waals surface area contributed by atoms with E-state index in [0.717, 1.165) is 0 Å². The molecule has 12 heteroatoms. The Balaban J connectivity index is 1.91. The van der Waals surface area contributed by atoms with E-state index < -0.39 is 28.1 Å². The number of carbonyl (C=O) groups excluding carboxylic acids is 1. The molecular weight excluding hydrogens is 391 g/mol. The van der Waals surface area contributed by atoms with Gasteiger partial charge < -0.3 is 18.5 Å². The first-order valence-electron chi connectivity index (χ1n) is 7.76. The van der Waals surface area contributed by atoms with Crippen molar-refractivity contribution >= 4 is 16.0 Å². The number of methoxy groups -OCH3 is 1. The van der Waals surface area contributed by atoms with Gasteiger partial charge in [0.25, 0.3) is 5.91 Å².